The van der Waals surface area contributed by atoms with E-state index in [1.807, 2.05) is 12.3 Å². The van der Waals surface area contributed by atoms with Crippen molar-refractivity contribution in [2.24, 2.45) is 7.05 Å². The normalized spacial score (nSPS) is 16.4. The molecule has 2 heterocycles. The molecule has 72 valence electrons. The number of hydrogen-bond acceptors (Lipinski definition) is 1. The third-order valence-electron chi connectivity index (χ3n) is 2.91. The maximum Gasteiger partial charge on any atom is 0.0895 e. The Morgan fingerprint density at radius 3 is 2.93 bits per heavy atom. The van der Waals surface area contributed by atoms with Gasteiger partial charge in [0.05, 0.1) is 11.0 Å². The van der Waals surface area contributed by atoms with E-state index in [9.17, 15) is 0 Å². The number of aromatic nitrogens is 2. The van der Waals surface area contributed by atoms with Crippen LogP contribution in [0.1, 0.15) is 24.5 Å². The molecule has 0 atom stereocenters. The summed E-state index contributed by atoms with van der Waals surface area (Å²) in [6.45, 7) is 0. The Balaban J connectivity index is 2.34. The highest BCUT2D eigenvalue weighted by molar-refractivity contribution is 9.10. The molecule has 0 spiro atoms. The number of pyridine rings is 1. The van der Waals surface area contributed by atoms with Gasteiger partial charge in [0, 0.05) is 23.4 Å². The van der Waals surface area contributed by atoms with Gasteiger partial charge < -0.3 is 4.57 Å². The molecule has 0 N–H and O–H groups in total. The molecule has 1 fully saturated rings. The van der Waals surface area contributed by atoms with E-state index in [0.29, 0.717) is 0 Å². The fourth-order valence-electron chi connectivity index (χ4n) is 2.02. The van der Waals surface area contributed by atoms with Gasteiger partial charge in [0.15, 0.2) is 0 Å². The van der Waals surface area contributed by atoms with Crippen molar-refractivity contribution in [3.63, 3.8) is 0 Å². The van der Waals surface area contributed by atoms with Gasteiger partial charge in [-0.25, -0.2) is 0 Å². The van der Waals surface area contributed by atoms with Gasteiger partial charge in [-0.15, -0.1) is 0 Å². The lowest BCUT2D eigenvalue weighted by Crippen LogP contribution is -1.93. The smallest absolute Gasteiger partial charge is 0.0895 e. The van der Waals surface area contributed by atoms with Crippen LogP contribution in [0.4, 0.5) is 0 Å². The van der Waals surface area contributed by atoms with Crippen LogP contribution in [0.25, 0.3) is 11.0 Å². The lowest BCUT2D eigenvalue weighted by Gasteiger charge is -2.02. The topological polar surface area (TPSA) is 17.8 Å². The highest BCUT2D eigenvalue weighted by Crippen LogP contribution is 2.42. The fourth-order valence-corrected chi connectivity index (χ4v) is 2.61. The quantitative estimate of drug-likeness (QED) is 0.760. The maximum atomic E-state index is 4.38. The summed E-state index contributed by atoms with van der Waals surface area (Å²) >= 11 is 3.57. The fraction of sp³-hybridized carbons (Fsp3) is 0.364. The monoisotopic (exact) mass is 250 g/mol. The first-order valence-electron chi connectivity index (χ1n) is 4.87. The second kappa shape index (κ2) is 2.83. The average Bonchev–Trinajstić information content (AvgIpc) is 2.93. The van der Waals surface area contributed by atoms with E-state index in [4.69, 9.17) is 0 Å². The molecule has 0 radical (unpaired) electrons. The molecule has 1 aliphatic carbocycles. The summed E-state index contributed by atoms with van der Waals surface area (Å²) in [7, 11) is 2.13. The third kappa shape index (κ3) is 1.12. The van der Waals surface area contributed by atoms with Crippen LogP contribution in [0.15, 0.2) is 22.8 Å². The summed E-state index contributed by atoms with van der Waals surface area (Å²) in [5.41, 5.74) is 3.75. The summed E-state index contributed by atoms with van der Waals surface area (Å²) in [6, 6.07) is 4.22. The van der Waals surface area contributed by atoms with E-state index in [1.54, 1.807) is 0 Å². The van der Waals surface area contributed by atoms with Crippen molar-refractivity contribution in [1.82, 2.24) is 9.55 Å². The van der Waals surface area contributed by atoms with Crippen LogP contribution in [-0.4, -0.2) is 9.55 Å². The Labute approximate surface area is 91.1 Å². The van der Waals surface area contributed by atoms with E-state index in [2.05, 4.69) is 38.6 Å². The zero-order chi connectivity index (χ0) is 9.71. The predicted molar refractivity (Wildman–Crippen MR) is 60.4 cm³/mol. The molecule has 2 aromatic heterocycles. The zero-order valence-electron chi connectivity index (χ0n) is 8.00. The minimum atomic E-state index is 0.779. The minimum absolute atomic E-state index is 0.779. The molecule has 3 heteroatoms. The van der Waals surface area contributed by atoms with Crippen LogP contribution in [0, 0.1) is 0 Å². The van der Waals surface area contributed by atoms with Crippen LogP contribution in [0.3, 0.4) is 0 Å². The number of nitrogens with zero attached hydrogens (tertiary/aromatic N) is 2. The maximum absolute atomic E-state index is 4.38. The molecule has 0 unspecified atom stereocenters. The van der Waals surface area contributed by atoms with Crippen LogP contribution < -0.4 is 0 Å². The second-order valence-electron chi connectivity index (χ2n) is 3.93. The largest absolute Gasteiger partial charge is 0.345 e. The van der Waals surface area contributed by atoms with E-state index in [1.165, 1.54) is 24.1 Å². The van der Waals surface area contributed by atoms with Crippen molar-refractivity contribution in [2.45, 2.75) is 18.8 Å². The van der Waals surface area contributed by atoms with Crippen molar-refractivity contribution < 1.29 is 0 Å². The molecule has 14 heavy (non-hydrogen) atoms. The van der Waals surface area contributed by atoms with Gasteiger partial charge in [0.1, 0.15) is 0 Å². The Kier molecular flexibility index (Phi) is 1.71. The van der Waals surface area contributed by atoms with Gasteiger partial charge in [0.25, 0.3) is 0 Å². The van der Waals surface area contributed by atoms with Crippen molar-refractivity contribution in [2.75, 3.05) is 0 Å². The lowest BCUT2D eigenvalue weighted by molar-refractivity contribution is 0.856. The Morgan fingerprint density at radius 1 is 1.50 bits per heavy atom. The first-order chi connectivity index (χ1) is 6.77. The van der Waals surface area contributed by atoms with E-state index in [0.717, 1.165) is 15.9 Å². The van der Waals surface area contributed by atoms with Crippen molar-refractivity contribution >= 4 is 27.0 Å². The lowest BCUT2D eigenvalue weighted by atomic mass is 10.3. The molecule has 2 aromatic rings. The van der Waals surface area contributed by atoms with Crippen molar-refractivity contribution in [1.29, 1.82) is 0 Å². The number of aryl methyl sites for hydroxylation is 1. The highest BCUT2D eigenvalue weighted by Gasteiger charge is 2.27. The predicted octanol–water partition coefficient (Wildman–Crippen LogP) is 3.21. The molecule has 0 bridgehead atoms. The van der Waals surface area contributed by atoms with Gasteiger partial charge in [-0.2, -0.15) is 0 Å². The molecule has 0 amide bonds. The minimum Gasteiger partial charge on any atom is -0.345 e. The van der Waals surface area contributed by atoms with Crippen LogP contribution >= 0.6 is 15.9 Å². The van der Waals surface area contributed by atoms with Crippen molar-refractivity contribution in [3.8, 4) is 0 Å². The van der Waals surface area contributed by atoms with Crippen LogP contribution in [0.5, 0.6) is 0 Å². The first kappa shape index (κ1) is 8.48. The number of rotatable bonds is 1. The summed E-state index contributed by atoms with van der Waals surface area (Å²) < 4.78 is 3.40. The molecular formula is C11H11BrN2. The van der Waals surface area contributed by atoms with Gasteiger partial charge in [-0.05, 0) is 46.8 Å². The molecule has 0 aliphatic heterocycles. The van der Waals surface area contributed by atoms with E-state index < -0.39 is 0 Å². The van der Waals surface area contributed by atoms with Gasteiger partial charge in [0.2, 0.25) is 0 Å². The average molecular weight is 251 g/mol. The SMILES string of the molecule is Cn1c(C2CC2)cc2nccc(Br)c21. The number of halogens is 1. The van der Waals surface area contributed by atoms with E-state index >= 15 is 0 Å². The number of hydrogen-bond donors (Lipinski definition) is 0. The van der Waals surface area contributed by atoms with Gasteiger partial charge >= 0.3 is 0 Å². The van der Waals surface area contributed by atoms with Crippen LogP contribution in [0.2, 0.25) is 0 Å². The molecule has 2 nitrogen and oxygen atoms in total. The highest BCUT2D eigenvalue weighted by atomic mass is 79.9. The molecule has 0 saturated heterocycles. The van der Waals surface area contributed by atoms with E-state index in [-0.39, 0.29) is 0 Å². The van der Waals surface area contributed by atoms with Gasteiger partial charge in [-0.3, -0.25) is 4.98 Å². The molecule has 1 saturated carbocycles. The third-order valence-corrected chi connectivity index (χ3v) is 3.55. The molecule has 1 aliphatic rings. The van der Waals surface area contributed by atoms with Gasteiger partial charge in [-0.1, -0.05) is 0 Å². The first-order valence-corrected chi connectivity index (χ1v) is 5.66. The standard InChI is InChI=1S/C11H11BrN2/c1-14-10(7-2-3-7)6-9-11(14)8(12)4-5-13-9/h4-7H,2-3H2,1H3. The zero-order valence-corrected chi connectivity index (χ0v) is 9.58. The molecular weight excluding hydrogens is 240 g/mol. The molecule has 3 rings (SSSR count). The summed E-state index contributed by atoms with van der Waals surface area (Å²) in [5.74, 6) is 0.779. The Hall–Kier alpha value is -0.830. The summed E-state index contributed by atoms with van der Waals surface area (Å²) in [4.78, 5) is 4.38. The number of fused-ring (bicyclic) bond motifs is 1. The molecule has 0 aromatic carbocycles. The summed E-state index contributed by atoms with van der Waals surface area (Å²) in [6.07, 6.45) is 4.52. The second-order valence-corrected chi connectivity index (χ2v) is 4.78. The van der Waals surface area contributed by atoms with Crippen molar-refractivity contribution in [3.05, 3.63) is 28.5 Å². The van der Waals surface area contributed by atoms with Crippen LogP contribution in [-0.2, 0) is 7.05 Å². The summed E-state index contributed by atoms with van der Waals surface area (Å²) in [5, 5.41) is 0. The Bertz CT molecular complexity index is 497. The Morgan fingerprint density at radius 2 is 2.29 bits per heavy atom.